The number of halogens is 1. The quantitative estimate of drug-likeness (QED) is 0.775. The van der Waals surface area contributed by atoms with Crippen LogP contribution in [0.25, 0.3) is 0 Å². The fourth-order valence-electron chi connectivity index (χ4n) is 1.69. The first-order valence-corrected chi connectivity index (χ1v) is 7.85. The van der Waals surface area contributed by atoms with Crippen LogP contribution in [0.2, 0.25) is 0 Å². The molecule has 0 fully saturated rings. The molecule has 0 saturated carbocycles. The molecule has 1 aromatic rings. The Morgan fingerprint density at radius 2 is 1.90 bits per heavy atom. The predicted molar refractivity (Wildman–Crippen MR) is 90.6 cm³/mol. The van der Waals surface area contributed by atoms with Crippen molar-refractivity contribution < 1.29 is 4.79 Å². The molecule has 3 nitrogen and oxygen atoms in total. The highest BCUT2D eigenvalue weighted by Gasteiger charge is 2.13. The van der Waals surface area contributed by atoms with Gasteiger partial charge in [-0.25, -0.2) is 0 Å². The van der Waals surface area contributed by atoms with E-state index in [-0.39, 0.29) is 23.6 Å². The molecule has 2 atom stereocenters. The molecule has 0 aromatic heterocycles. The zero-order valence-electron chi connectivity index (χ0n) is 12.4. The van der Waals surface area contributed by atoms with E-state index in [1.807, 2.05) is 25.1 Å². The van der Waals surface area contributed by atoms with E-state index in [4.69, 9.17) is 0 Å². The lowest BCUT2D eigenvalue weighted by Gasteiger charge is -2.16. The van der Waals surface area contributed by atoms with E-state index >= 15 is 0 Å². The van der Waals surface area contributed by atoms with Crippen LogP contribution in [0, 0.1) is 0 Å². The van der Waals surface area contributed by atoms with E-state index in [0.29, 0.717) is 12.6 Å². The Labute approximate surface area is 132 Å². The van der Waals surface area contributed by atoms with Crippen molar-refractivity contribution >= 4 is 30.1 Å². The van der Waals surface area contributed by atoms with Crippen molar-refractivity contribution in [2.24, 2.45) is 0 Å². The Morgan fingerprint density at radius 3 is 2.50 bits per heavy atom. The summed E-state index contributed by atoms with van der Waals surface area (Å²) < 4.78 is 0. The molecule has 1 rings (SSSR count). The monoisotopic (exact) mass is 316 g/mol. The fourth-order valence-corrected chi connectivity index (χ4v) is 2.56. The highest BCUT2D eigenvalue weighted by atomic mass is 35.5. The van der Waals surface area contributed by atoms with Crippen molar-refractivity contribution in [2.75, 3.05) is 13.1 Å². The van der Waals surface area contributed by atoms with E-state index in [1.165, 1.54) is 5.56 Å². The summed E-state index contributed by atoms with van der Waals surface area (Å²) in [6, 6.07) is 10.6. The van der Waals surface area contributed by atoms with Crippen molar-refractivity contribution in [2.45, 2.75) is 37.8 Å². The van der Waals surface area contributed by atoms with Crippen LogP contribution in [-0.4, -0.2) is 30.3 Å². The lowest BCUT2D eigenvalue weighted by molar-refractivity contribution is -0.120. The van der Waals surface area contributed by atoms with Crippen LogP contribution in [0.5, 0.6) is 0 Å². The van der Waals surface area contributed by atoms with E-state index in [9.17, 15) is 4.79 Å². The molecule has 20 heavy (non-hydrogen) atoms. The zero-order chi connectivity index (χ0) is 14.1. The second-order valence-corrected chi connectivity index (χ2v) is 5.97. The number of hydrogen-bond acceptors (Lipinski definition) is 3. The highest BCUT2D eigenvalue weighted by molar-refractivity contribution is 7.99. The maximum absolute atomic E-state index is 11.9. The summed E-state index contributed by atoms with van der Waals surface area (Å²) in [4.78, 5) is 11.9. The highest BCUT2D eigenvalue weighted by Crippen LogP contribution is 2.17. The van der Waals surface area contributed by atoms with Gasteiger partial charge in [-0.2, -0.15) is 0 Å². The molecule has 1 amide bonds. The van der Waals surface area contributed by atoms with Crippen LogP contribution < -0.4 is 10.6 Å². The lowest BCUT2D eigenvalue weighted by atomic mass is 10.2. The van der Waals surface area contributed by atoms with Gasteiger partial charge in [0.25, 0.3) is 0 Å². The molecular weight excluding hydrogens is 292 g/mol. The van der Waals surface area contributed by atoms with Gasteiger partial charge in [-0.3, -0.25) is 4.79 Å². The van der Waals surface area contributed by atoms with Gasteiger partial charge in [-0.1, -0.05) is 37.3 Å². The van der Waals surface area contributed by atoms with Crippen molar-refractivity contribution in [3.05, 3.63) is 35.9 Å². The number of carbonyl (C=O) groups excluding carboxylic acids is 1. The molecule has 2 N–H and O–H groups in total. The van der Waals surface area contributed by atoms with Gasteiger partial charge in [0, 0.05) is 18.3 Å². The number of amides is 1. The van der Waals surface area contributed by atoms with Crippen molar-refractivity contribution in [1.82, 2.24) is 10.6 Å². The number of rotatable bonds is 8. The number of likely N-dealkylation sites (N-methyl/N-ethyl adjacent to an activating group) is 1. The minimum Gasteiger partial charge on any atom is -0.354 e. The summed E-state index contributed by atoms with van der Waals surface area (Å²) in [7, 11) is 0. The SMILES string of the molecule is CCN[C@H](C)CNC(=O)C(C)SCc1ccccc1.Cl. The molecule has 1 unspecified atom stereocenters. The molecule has 0 saturated heterocycles. The summed E-state index contributed by atoms with van der Waals surface area (Å²) in [5, 5.41) is 6.24. The number of benzene rings is 1. The van der Waals surface area contributed by atoms with Crippen molar-refractivity contribution in [3.8, 4) is 0 Å². The third-order valence-corrected chi connectivity index (χ3v) is 4.06. The first kappa shape index (κ1) is 19.3. The van der Waals surface area contributed by atoms with Gasteiger partial charge in [-0.15, -0.1) is 24.2 Å². The first-order valence-electron chi connectivity index (χ1n) is 6.80. The average Bonchev–Trinajstić information content (AvgIpc) is 2.43. The van der Waals surface area contributed by atoms with Crippen LogP contribution in [0.4, 0.5) is 0 Å². The van der Waals surface area contributed by atoms with E-state index < -0.39 is 0 Å². The van der Waals surface area contributed by atoms with E-state index in [2.05, 4.69) is 36.6 Å². The molecule has 1 aromatic carbocycles. The molecule has 0 aliphatic carbocycles. The van der Waals surface area contributed by atoms with Gasteiger partial charge in [0.2, 0.25) is 5.91 Å². The minimum atomic E-state index is -0.0194. The molecule has 0 aliphatic heterocycles. The maximum atomic E-state index is 11.9. The Balaban J connectivity index is 0.00000361. The summed E-state index contributed by atoms with van der Waals surface area (Å²) in [5.74, 6) is 0.990. The predicted octanol–water partition coefficient (Wildman–Crippen LogP) is 2.84. The summed E-state index contributed by atoms with van der Waals surface area (Å²) in [6.07, 6.45) is 0. The molecule has 114 valence electrons. The second-order valence-electron chi connectivity index (χ2n) is 4.64. The van der Waals surface area contributed by atoms with Gasteiger partial charge in [0.15, 0.2) is 0 Å². The van der Waals surface area contributed by atoms with Crippen LogP contribution in [-0.2, 0) is 10.5 Å². The van der Waals surface area contributed by atoms with E-state index in [1.54, 1.807) is 11.8 Å². The number of nitrogens with one attached hydrogen (secondary N) is 2. The maximum Gasteiger partial charge on any atom is 0.232 e. The molecule has 0 radical (unpaired) electrons. The fraction of sp³-hybridized carbons (Fsp3) is 0.533. The summed E-state index contributed by atoms with van der Waals surface area (Å²) in [5.41, 5.74) is 1.26. The lowest BCUT2D eigenvalue weighted by Crippen LogP contribution is -2.41. The van der Waals surface area contributed by atoms with Crippen LogP contribution >= 0.6 is 24.2 Å². The standard InChI is InChI=1S/C15H24N2OS.ClH/c1-4-16-12(2)10-17-15(18)13(3)19-11-14-8-6-5-7-9-14;/h5-9,12-13,16H,4,10-11H2,1-3H3,(H,17,18);1H/t12-,13?;/m1./s1. The summed E-state index contributed by atoms with van der Waals surface area (Å²) >= 11 is 1.67. The Kier molecular flexibility index (Phi) is 10.6. The van der Waals surface area contributed by atoms with Gasteiger partial charge in [0.1, 0.15) is 0 Å². The minimum absolute atomic E-state index is 0. The number of carbonyl (C=O) groups is 1. The second kappa shape index (κ2) is 11.0. The smallest absolute Gasteiger partial charge is 0.232 e. The van der Waals surface area contributed by atoms with Crippen LogP contribution in [0.1, 0.15) is 26.3 Å². The van der Waals surface area contributed by atoms with Gasteiger partial charge in [0.05, 0.1) is 5.25 Å². The van der Waals surface area contributed by atoms with Gasteiger partial charge in [-0.05, 0) is 26.0 Å². The molecule has 0 aliphatic rings. The Bertz CT molecular complexity index is 375. The molecular formula is C15H25ClN2OS. The largest absolute Gasteiger partial charge is 0.354 e. The molecule has 5 heteroatoms. The van der Waals surface area contributed by atoms with Crippen LogP contribution in [0.3, 0.4) is 0 Å². The number of thioether (sulfide) groups is 1. The normalized spacial score (nSPS) is 13.2. The topological polar surface area (TPSA) is 41.1 Å². The zero-order valence-corrected chi connectivity index (χ0v) is 14.0. The van der Waals surface area contributed by atoms with Gasteiger partial charge < -0.3 is 10.6 Å². The molecule has 0 spiro atoms. The Hall–Kier alpha value is -0.710. The van der Waals surface area contributed by atoms with Gasteiger partial charge >= 0.3 is 0 Å². The van der Waals surface area contributed by atoms with Crippen molar-refractivity contribution in [1.29, 1.82) is 0 Å². The van der Waals surface area contributed by atoms with E-state index in [0.717, 1.165) is 12.3 Å². The Morgan fingerprint density at radius 1 is 1.25 bits per heavy atom. The molecule has 0 bridgehead atoms. The summed E-state index contributed by atoms with van der Waals surface area (Å²) in [6.45, 7) is 7.71. The average molecular weight is 317 g/mol. The molecule has 0 heterocycles. The van der Waals surface area contributed by atoms with Crippen molar-refractivity contribution in [3.63, 3.8) is 0 Å². The third-order valence-electron chi connectivity index (χ3n) is 2.85. The van der Waals surface area contributed by atoms with Crippen LogP contribution in [0.15, 0.2) is 30.3 Å². The third kappa shape index (κ3) is 7.78. The number of hydrogen-bond donors (Lipinski definition) is 2. The first-order chi connectivity index (χ1) is 9.13.